The van der Waals surface area contributed by atoms with Crippen molar-refractivity contribution in [1.82, 2.24) is 5.32 Å². The average Bonchev–Trinajstić information content (AvgIpc) is 2.47. The maximum atomic E-state index is 11.8. The average molecular weight is 335 g/mol. The van der Waals surface area contributed by atoms with Gasteiger partial charge in [-0.3, -0.25) is 5.32 Å². The number of amides is 3. The summed E-state index contributed by atoms with van der Waals surface area (Å²) >= 11 is 0. The minimum atomic E-state index is -0.541. The second-order valence-electron chi connectivity index (χ2n) is 6.65. The molecule has 24 heavy (non-hydrogen) atoms. The van der Waals surface area contributed by atoms with E-state index in [9.17, 15) is 9.59 Å². The molecule has 0 bridgehead atoms. The molecule has 134 valence electrons. The molecule has 0 radical (unpaired) electrons. The number of nitrogens with one attached hydrogen (secondary N) is 3. The third-order valence-electron chi connectivity index (χ3n) is 3.10. The van der Waals surface area contributed by atoms with E-state index in [2.05, 4.69) is 22.9 Å². The predicted octanol–water partition coefficient (Wildman–Crippen LogP) is 4.74. The molecule has 0 aromatic heterocycles. The Balaban J connectivity index is 2.36. The molecule has 1 rings (SSSR count). The van der Waals surface area contributed by atoms with Crippen molar-refractivity contribution in [2.24, 2.45) is 0 Å². The van der Waals surface area contributed by atoms with Crippen LogP contribution in [0.15, 0.2) is 24.3 Å². The molecule has 0 aliphatic heterocycles. The number of hydrogen-bond donors (Lipinski definition) is 3. The van der Waals surface area contributed by atoms with Crippen LogP contribution >= 0.6 is 0 Å². The summed E-state index contributed by atoms with van der Waals surface area (Å²) < 4.78 is 5.18. The normalized spacial score (nSPS) is 10.8. The largest absolute Gasteiger partial charge is 0.444 e. The Morgan fingerprint density at radius 1 is 0.958 bits per heavy atom. The van der Waals surface area contributed by atoms with Crippen molar-refractivity contribution in [2.45, 2.75) is 59.0 Å². The van der Waals surface area contributed by atoms with E-state index in [1.807, 2.05) is 0 Å². The van der Waals surface area contributed by atoms with Crippen LogP contribution < -0.4 is 16.0 Å². The Morgan fingerprint density at radius 2 is 1.54 bits per heavy atom. The zero-order valence-corrected chi connectivity index (χ0v) is 15.1. The van der Waals surface area contributed by atoms with E-state index in [1.54, 1.807) is 45.0 Å². The number of benzene rings is 1. The molecular weight excluding hydrogens is 306 g/mol. The van der Waals surface area contributed by atoms with Gasteiger partial charge in [0.2, 0.25) is 0 Å². The van der Waals surface area contributed by atoms with Crippen LogP contribution in [-0.2, 0) is 4.74 Å². The lowest BCUT2D eigenvalue weighted by Gasteiger charge is -2.19. The maximum absolute atomic E-state index is 11.8. The molecule has 0 aliphatic carbocycles. The summed E-state index contributed by atoms with van der Waals surface area (Å²) in [6.45, 7) is 8.24. The van der Waals surface area contributed by atoms with E-state index >= 15 is 0 Å². The van der Waals surface area contributed by atoms with Crippen LogP contribution in [0.5, 0.6) is 0 Å². The van der Waals surface area contributed by atoms with Gasteiger partial charge >= 0.3 is 12.1 Å². The molecule has 0 spiro atoms. The molecule has 0 heterocycles. The Hall–Kier alpha value is -2.24. The molecule has 3 amide bonds. The van der Waals surface area contributed by atoms with E-state index in [0.29, 0.717) is 17.9 Å². The lowest BCUT2D eigenvalue weighted by Crippen LogP contribution is -2.29. The van der Waals surface area contributed by atoms with Crippen molar-refractivity contribution >= 4 is 23.5 Å². The van der Waals surface area contributed by atoms with Crippen LogP contribution in [0.3, 0.4) is 0 Å². The van der Waals surface area contributed by atoms with E-state index in [1.165, 1.54) is 12.8 Å². The van der Waals surface area contributed by atoms with Crippen molar-refractivity contribution in [1.29, 1.82) is 0 Å². The van der Waals surface area contributed by atoms with Crippen LogP contribution in [0, 0.1) is 0 Å². The molecule has 0 atom stereocenters. The lowest BCUT2D eigenvalue weighted by atomic mass is 10.2. The third-order valence-corrected chi connectivity index (χ3v) is 3.10. The third kappa shape index (κ3) is 9.02. The topological polar surface area (TPSA) is 79.5 Å². The first-order valence-electron chi connectivity index (χ1n) is 8.45. The molecule has 3 N–H and O–H groups in total. The van der Waals surface area contributed by atoms with Crippen LogP contribution in [0.2, 0.25) is 0 Å². The standard InChI is InChI=1S/C18H29N3O3/c1-5-6-7-8-13-19-16(22)20-14-9-11-15(12-10-14)21-17(23)24-18(2,3)4/h9-12H,5-8,13H2,1-4H3,(H,21,23)(H2,19,20,22). The van der Waals surface area contributed by atoms with Crippen molar-refractivity contribution in [3.8, 4) is 0 Å². The number of ether oxygens (including phenoxy) is 1. The van der Waals surface area contributed by atoms with Gasteiger partial charge in [-0.2, -0.15) is 0 Å². The quantitative estimate of drug-likeness (QED) is 0.630. The number of hydrogen-bond acceptors (Lipinski definition) is 3. The second-order valence-corrected chi connectivity index (χ2v) is 6.65. The maximum Gasteiger partial charge on any atom is 0.412 e. The first-order valence-corrected chi connectivity index (χ1v) is 8.45. The number of carbonyl (C=O) groups is 2. The van der Waals surface area contributed by atoms with E-state index in [4.69, 9.17) is 4.74 Å². The van der Waals surface area contributed by atoms with Gasteiger partial charge in [-0.25, -0.2) is 9.59 Å². The first-order chi connectivity index (χ1) is 11.3. The minimum absolute atomic E-state index is 0.223. The summed E-state index contributed by atoms with van der Waals surface area (Å²) in [6, 6.07) is 6.65. The summed E-state index contributed by atoms with van der Waals surface area (Å²) in [5.41, 5.74) is 0.728. The van der Waals surface area contributed by atoms with E-state index in [0.717, 1.165) is 12.8 Å². The fourth-order valence-electron chi connectivity index (χ4n) is 1.99. The van der Waals surface area contributed by atoms with Crippen molar-refractivity contribution in [3.05, 3.63) is 24.3 Å². The van der Waals surface area contributed by atoms with Gasteiger partial charge in [-0.05, 0) is 51.5 Å². The van der Waals surface area contributed by atoms with Crippen LogP contribution in [0.4, 0.5) is 21.0 Å². The van der Waals surface area contributed by atoms with Gasteiger partial charge in [0.25, 0.3) is 0 Å². The molecule has 0 aliphatic rings. The fourth-order valence-corrected chi connectivity index (χ4v) is 1.99. The number of anilines is 2. The van der Waals surface area contributed by atoms with Crippen molar-refractivity contribution in [2.75, 3.05) is 17.2 Å². The molecule has 0 saturated carbocycles. The highest BCUT2D eigenvalue weighted by molar-refractivity contribution is 5.90. The van der Waals surface area contributed by atoms with Crippen LogP contribution in [0.25, 0.3) is 0 Å². The molecule has 1 aromatic rings. The molecule has 0 fully saturated rings. The van der Waals surface area contributed by atoms with Gasteiger partial charge in [-0.1, -0.05) is 26.2 Å². The Kier molecular flexibility index (Phi) is 8.09. The van der Waals surface area contributed by atoms with Crippen molar-refractivity contribution < 1.29 is 14.3 Å². The summed E-state index contributed by atoms with van der Waals surface area (Å²) in [5.74, 6) is 0. The van der Waals surface area contributed by atoms with Crippen LogP contribution in [-0.4, -0.2) is 24.3 Å². The number of urea groups is 1. The molecule has 0 saturated heterocycles. The lowest BCUT2D eigenvalue weighted by molar-refractivity contribution is 0.0636. The summed E-state index contributed by atoms with van der Waals surface area (Å²) in [6.07, 6.45) is 3.97. The number of unbranched alkanes of at least 4 members (excludes halogenated alkanes) is 3. The van der Waals surface area contributed by atoms with Gasteiger partial charge in [-0.15, -0.1) is 0 Å². The molecule has 1 aromatic carbocycles. The van der Waals surface area contributed by atoms with Gasteiger partial charge in [0.1, 0.15) is 5.60 Å². The molecular formula is C18H29N3O3. The van der Waals surface area contributed by atoms with Gasteiger partial charge < -0.3 is 15.4 Å². The highest BCUT2D eigenvalue weighted by Gasteiger charge is 2.16. The second kappa shape index (κ2) is 9.80. The summed E-state index contributed by atoms with van der Waals surface area (Å²) in [4.78, 5) is 23.4. The molecule has 6 nitrogen and oxygen atoms in total. The monoisotopic (exact) mass is 335 g/mol. The zero-order valence-electron chi connectivity index (χ0n) is 15.1. The SMILES string of the molecule is CCCCCCNC(=O)Nc1ccc(NC(=O)OC(C)(C)C)cc1. The fraction of sp³-hybridized carbons (Fsp3) is 0.556. The minimum Gasteiger partial charge on any atom is -0.444 e. The van der Waals surface area contributed by atoms with Gasteiger partial charge in [0.15, 0.2) is 0 Å². The predicted molar refractivity (Wildman–Crippen MR) is 97.5 cm³/mol. The highest BCUT2D eigenvalue weighted by Crippen LogP contribution is 2.15. The number of rotatable bonds is 7. The smallest absolute Gasteiger partial charge is 0.412 e. The Morgan fingerprint density at radius 3 is 2.08 bits per heavy atom. The van der Waals surface area contributed by atoms with Gasteiger partial charge in [0, 0.05) is 17.9 Å². The zero-order chi connectivity index (χ0) is 18.0. The Labute approximate surface area is 144 Å². The summed E-state index contributed by atoms with van der Waals surface area (Å²) in [5, 5.41) is 8.22. The first kappa shape index (κ1) is 19.8. The van der Waals surface area contributed by atoms with E-state index < -0.39 is 11.7 Å². The molecule has 6 heteroatoms. The summed E-state index contributed by atoms with van der Waals surface area (Å²) in [7, 11) is 0. The van der Waals surface area contributed by atoms with Crippen molar-refractivity contribution in [3.63, 3.8) is 0 Å². The number of carbonyl (C=O) groups excluding carboxylic acids is 2. The highest BCUT2D eigenvalue weighted by atomic mass is 16.6. The van der Waals surface area contributed by atoms with Crippen LogP contribution in [0.1, 0.15) is 53.4 Å². The van der Waals surface area contributed by atoms with E-state index in [-0.39, 0.29) is 6.03 Å². The molecule has 0 unspecified atom stereocenters. The van der Waals surface area contributed by atoms with Gasteiger partial charge in [0.05, 0.1) is 0 Å². The Bertz CT molecular complexity index is 521.